The van der Waals surface area contributed by atoms with Crippen LogP contribution < -0.4 is 10.6 Å². The Hall–Kier alpha value is -1.02. The van der Waals surface area contributed by atoms with Gasteiger partial charge in [0.2, 0.25) is 0 Å². The SMILES string of the molecule is CC1Cc2ccccc2N1C1CCCC1N. The maximum absolute atomic E-state index is 6.24. The molecule has 3 unspecified atom stereocenters. The van der Waals surface area contributed by atoms with Crippen LogP contribution in [0, 0.1) is 0 Å². The summed E-state index contributed by atoms with van der Waals surface area (Å²) in [4.78, 5) is 2.58. The van der Waals surface area contributed by atoms with Gasteiger partial charge in [-0.05, 0) is 44.2 Å². The molecule has 0 aromatic heterocycles. The highest BCUT2D eigenvalue weighted by Gasteiger charge is 2.36. The van der Waals surface area contributed by atoms with E-state index in [1.165, 1.54) is 36.9 Å². The van der Waals surface area contributed by atoms with Crippen molar-refractivity contribution in [3.05, 3.63) is 29.8 Å². The Morgan fingerprint density at radius 3 is 2.81 bits per heavy atom. The third-order valence-corrected chi connectivity index (χ3v) is 4.15. The average molecular weight is 216 g/mol. The van der Waals surface area contributed by atoms with E-state index in [1.54, 1.807) is 0 Å². The van der Waals surface area contributed by atoms with Crippen LogP contribution in [-0.4, -0.2) is 18.1 Å². The van der Waals surface area contributed by atoms with E-state index in [0.717, 1.165) is 0 Å². The van der Waals surface area contributed by atoms with E-state index in [2.05, 4.69) is 36.1 Å². The van der Waals surface area contributed by atoms with Crippen LogP contribution in [0.15, 0.2) is 24.3 Å². The zero-order valence-corrected chi connectivity index (χ0v) is 9.89. The molecule has 2 heteroatoms. The van der Waals surface area contributed by atoms with E-state index >= 15 is 0 Å². The van der Waals surface area contributed by atoms with Crippen LogP contribution in [0.3, 0.4) is 0 Å². The lowest BCUT2D eigenvalue weighted by Gasteiger charge is -2.34. The lowest BCUT2D eigenvalue weighted by atomic mass is 10.1. The number of benzene rings is 1. The third-order valence-electron chi connectivity index (χ3n) is 4.15. The predicted octanol–water partition coefficient (Wildman–Crippen LogP) is 2.32. The molecule has 0 amide bonds. The number of nitrogens with two attached hydrogens (primary N) is 1. The molecule has 1 aromatic carbocycles. The average Bonchev–Trinajstić information content (AvgIpc) is 2.81. The fraction of sp³-hybridized carbons (Fsp3) is 0.571. The lowest BCUT2D eigenvalue weighted by molar-refractivity contribution is 0.508. The first-order valence-corrected chi connectivity index (χ1v) is 6.39. The van der Waals surface area contributed by atoms with Crippen LogP contribution in [0.2, 0.25) is 0 Å². The Labute approximate surface area is 97.4 Å². The second-order valence-electron chi connectivity index (χ2n) is 5.25. The van der Waals surface area contributed by atoms with Gasteiger partial charge in [0.05, 0.1) is 0 Å². The number of fused-ring (bicyclic) bond motifs is 1. The number of para-hydroxylation sites is 1. The number of rotatable bonds is 1. The molecule has 2 nitrogen and oxygen atoms in total. The van der Waals surface area contributed by atoms with Gasteiger partial charge in [-0.3, -0.25) is 0 Å². The van der Waals surface area contributed by atoms with Crippen molar-refractivity contribution in [1.29, 1.82) is 0 Å². The minimum Gasteiger partial charge on any atom is -0.364 e. The normalized spacial score (nSPS) is 33.1. The molecule has 1 aliphatic carbocycles. The van der Waals surface area contributed by atoms with Crippen molar-refractivity contribution >= 4 is 5.69 Å². The zero-order chi connectivity index (χ0) is 11.1. The molecule has 2 N–H and O–H groups in total. The first-order valence-electron chi connectivity index (χ1n) is 6.39. The van der Waals surface area contributed by atoms with Gasteiger partial charge in [0, 0.05) is 23.8 Å². The maximum atomic E-state index is 6.24. The van der Waals surface area contributed by atoms with E-state index < -0.39 is 0 Å². The molecule has 0 bridgehead atoms. The highest BCUT2D eigenvalue weighted by atomic mass is 15.2. The summed E-state index contributed by atoms with van der Waals surface area (Å²) in [5.41, 5.74) is 9.16. The van der Waals surface area contributed by atoms with Gasteiger partial charge in [0.25, 0.3) is 0 Å². The highest BCUT2D eigenvalue weighted by Crippen LogP contribution is 2.37. The topological polar surface area (TPSA) is 29.3 Å². The summed E-state index contributed by atoms with van der Waals surface area (Å²) in [5.74, 6) is 0. The molecule has 1 saturated carbocycles. The van der Waals surface area contributed by atoms with Crippen LogP contribution in [0.25, 0.3) is 0 Å². The molecule has 0 spiro atoms. The van der Waals surface area contributed by atoms with Crippen molar-refractivity contribution < 1.29 is 0 Å². The number of anilines is 1. The van der Waals surface area contributed by atoms with Crippen LogP contribution in [0.1, 0.15) is 31.7 Å². The summed E-state index contributed by atoms with van der Waals surface area (Å²) >= 11 is 0. The van der Waals surface area contributed by atoms with Gasteiger partial charge in [-0.2, -0.15) is 0 Å². The molecule has 0 saturated heterocycles. The summed E-state index contributed by atoms with van der Waals surface area (Å²) in [7, 11) is 0. The summed E-state index contributed by atoms with van der Waals surface area (Å²) in [6.45, 7) is 2.32. The molecular formula is C14H20N2. The Bertz CT molecular complexity index is 388. The largest absolute Gasteiger partial charge is 0.364 e. The first kappa shape index (κ1) is 10.2. The Morgan fingerprint density at radius 1 is 1.25 bits per heavy atom. The third kappa shape index (κ3) is 1.44. The smallest absolute Gasteiger partial charge is 0.0444 e. The molecule has 1 aromatic rings. The number of nitrogens with zero attached hydrogens (tertiary/aromatic N) is 1. The number of hydrogen-bond donors (Lipinski definition) is 1. The summed E-state index contributed by atoms with van der Waals surface area (Å²) < 4.78 is 0. The van der Waals surface area contributed by atoms with Gasteiger partial charge in [0.15, 0.2) is 0 Å². The molecular weight excluding hydrogens is 196 g/mol. The molecule has 3 atom stereocenters. The van der Waals surface area contributed by atoms with Crippen molar-refractivity contribution in [1.82, 2.24) is 0 Å². The summed E-state index contributed by atoms with van der Waals surface area (Å²) in [5, 5.41) is 0. The van der Waals surface area contributed by atoms with Gasteiger partial charge in [-0.1, -0.05) is 18.2 Å². The predicted molar refractivity (Wildman–Crippen MR) is 67.7 cm³/mol. The minimum atomic E-state index is 0.369. The van der Waals surface area contributed by atoms with Crippen molar-refractivity contribution in [2.75, 3.05) is 4.90 Å². The van der Waals surface area contributed by atoms with E-state index in [-0.39, 0.29) is 0 Å². The molecule has 0 radical (unpaired) electrons. The van der Waals surface area contributed by atoms with Crippen LogP contribution in [0.5, 0.6) is 0 Å². The van der Waals surface area contributed by atoms with Gasteiger partial charge in [-0.15, -0.1) is 0 Å². The first-order chi connectivity index (χ1) is 7.77. The second-order valence-corrected chi connectivity index (χ2v) is 5.25. The van der Waals surface area contributed by atoms with Gasteiger partial charge in [-0.25, -0.2) is 0 Å². The summed E-state index contributed by atoms with van der Waals surface area (Å²) in [6, 6.07) is 10.4. The fourth-order valence-corrected chi connectivity index (χ4v) is 3.41. The van der Waals surface area contributed by atoms with Crippen molar-refractivity contribution in [3.63, 3.8) is 0 Å². The van der Waals surface area contributed by atoms with E-state index in [4.69, 9.17) is 5.73 Å². The van der Waals surface area contributed by atoms with Crippen LogP contribution in [-0.2, 0) is 6.42 Å². The molecule has 1 aliphatic heterocycles. The maximum Gasteiger partial charge on any atom is 0.0444 e. The second kappa shape index (κ2) is 3.77. The monoisotopic (exact) mass is 216 g/mol. The Kier molecular flexibility index (Phi) is 2.40. The molecule has 1 fully saturated rings. The quantitative estimate of drug-likeness (QED) is 0.780. The molecule has 1 heterocycles. The van der Waals surface area contributed by atoms with Gasteiger partial charge in [0.1, 0.15) is 0 Å². The lowest BCUT2D eigenvalue weighted by Crippen LogP contribution is -2.47. The highest BCUT2D eigenvalue weighted by molar-refractivity contribution is 5.60. The minimum absolute atomic E-state index is 0.369. The molecule has 2 aliphatic rings. The van der Waals surface area contributed by atoms with Crippen molar-refractivity contribution in [2.45, 2.75) is 50.7 Å². The van der Waals surface area contributed by atoms with Crippen molar-refractivity contribution in [3.8, 4) is 0 Å². The van der Waals surface area contributed by atoms with E-state index in [0.29, 0.717) is 18.1 Å². The molecule has 3 rings (SSSR count). The molecule has 16 heavy (non-hydrogen) atoms. The van der Waals surface area contributed by atoms with Crippen molar-refractivity contribution in [2.24, 2.45) is 5.73 Å². The Balaban J connectivity index is 1.95. The number of hydrogen-bond acceptors (Lipinski definition) is 2. The summed E-state index contributed by atoms with van der Waals surface area (Å²) in [6.07, 6.45) is 4.92. The van der Waals surface area contributed by atoms with Crippen LogP contribution >= 0.6 is 0 Å². The van der Waals surface area contributed by atoms with Gasteiger partial charge < -0.3 is 10.6 Å². The van der Waals surface area contributed by atoms with E-state index in [9.17, 15) is 0 Å². The zero-order valence-electron chi connectivity index (χ0n) is 9.89. The Morgan fingerprint density at radius 2 is 2.06 bits per heavy atom. The van der Waals surface area contributed by atoms with E-state index in [1.807, 2.05) is 0 Å². The molecule has 86 valence electrons. The fourth-order valence-electron chi connectivity index (χ4n) is 3.41. The van der Waals surface area contributed by atoms with Crippen LogP contribution in [0.4, 0.5) is 5.69 Å². The standard InChI is InChI=1S/C14H20N2/c1-10-9-11-5-2-3-7-13(11)16(10)14-8-4-6-12(14)15/h2-3,5,7,10,12,14H,4,6,8-9,15H2,1H3. The van der Waals surface area contributed by atoms with Gasteiger partial charge >= 0.3 is 0 Å².